The van der Waals surface area contributed by atoms with Gasteiger partial charge in [-0.25, -0.2) is 0 Å². The minimum Gasteiger partial charge on any atom is -0.399 e. The number of fused-ring (bicyclic) bond motifs is 1. The van der Waals surface area contributed by atoms with Crippen LogP contribution in [0.1, 0.15) is 0 Å². The van der Waals surface area contributed by atoms with E-state index < -0.39 is 0 Å². The predicted molar refractivity (Wildman–Crippen MR) is 88.3 cm³/mol. The number of rotatable bonds is 2. The summed E-state index contributed by atoms with van der Waals surface area (Å²) in [5.41, 5.74) is 8.54. The number of nitrogens with zero attached hydrogens (tertiary/aromatic N) is 1. The second kappa shape index (κ2) is 5.14. The first kappa shape index (κ1) is 13.5. The van der Waals surface area contributed by atoms with Crippen molar-refractivity contribution in [1.82, 2.24) is 4.57 Å². The lowest BCUT2D eigenvalue weighted by molar-refractivity contribution is 0.907. The van der Waals surface area contributed by atoms with E-state index in [1.807, 2.05) is 24.3 Å². The second-order valence-corrected chi connectivity index (χ2v) is 5.24. The topological polar surface area (TPSA) is 60.0 Å². The van der Waals surface area contributed by atoms with Gasteiger partial charge in [-0.05, 0) is 24.3 Å². The molecular formula is C16H14ClN3O. The van der Waals surface area contributed by atoms with Crippen LogP contribution in [0.3, 0.4) is 0 Å². The van der Waals surface area contributed by atoms with Crippen molar-refractivity contribution < 1.29 is 0 Å². The van der Waals surface area contributed by atoms with E-state index in [1.165, 1.54) is 0 Å². The number of benzene rings is 2. The summed E-state index contributed by atoms with van der Waals surface area (Å²) in [6, 6.07) is 14.5. The number of hydrogen-bond acceptors (Lipinski definition) is 3. The average molecular weight is 300 g/mol. The molecule has 4 nitrogen and oxygen atoms in total. The molecule has 0 saturated carbocycles. The Morgan fingerprint density at radius 2 is 1.86 bits per heavy atom. The van der Waals surface area contributed by atoms with Gasteiger partial charge in [0.25, 0.3) is 5.56 Å². The lowest BCUT2D eigenvalue weighted by atomic mass is 10.1. The molecule has 0 bridgehead atoms. The standard InChI is InChI=1S/C16H14ClN3O/c1-20-15-5-3-2-4-11(15)13(9-16(20)21)19-14-8-10(18)6-7-12(14)17/h2-9,19H,18H2,1H3. The van der Waals surface area contributed by atoms with E-state index in [0.717, 1.165) is 10.9 Å². The molecule has 2 aromatic carbocycles. The highest BCUT2D eigenvalue weighted by Crippen LogP contribution is 2.30. The monoisotopic (exact) mass is 299 g/mol. The third-order valence-corrected chi connectivity index (χ3v) is 3.74. The summed E-state index contributed by atoms with van der Waals surface area (Å²) in [4.78, 5) is 12.1. The molecule has 3 N–H and O–H groups in total. The van der Waals surface area contributed by atoms with Gasteiger partial charge in [0.05, 0.1) is 21.9 Å². The van der Waals surface area contributed by atoms with E-state index in [0.29, 0.717) is 22.1 Å². The summed E-state index contributed by atoms with van der Waals surface area (Å²) < 4.78 is 1.61. The van der Waals surface area contributed by atoms with Crippen molar-refractivity contribution in [2.75, 3.05) is 11.1 Å². The summed E-state index contributed by atoms with van der Waals surface area (Å²) >= 11 is 6.17. The van der Waals surface area contributed by atoms with Gasteiger partial charge >= 0.3 is 0 Å². The Morgan fingerprint density at radius 3 is 2.67 bits per heavy atom. The Balaban J connectivity index is 2.19. The molecule has 1 heterocycles. The molecule has 0 aliphatic heterocycles. The van der Waals surface area contributed by atoms with Crippen LogP contribution in [0.5, 0.6) is 0 Å². The van der Waals surface area contributed by atoms with E-state index in [2.05, 4.69) is 5.32 Å². The van der Waals surface area contributed by atoms with E-state index in [4.69, 9.17) is 17.3 Å². The summed E-state index contributed by atoms with van der Waals surface area (Å²) in [7, 11) is 1.75. The maximum atomic E-state index is 12.1. The van der Waals surface area contributed by atoms with Crippen LogP contribution in [0.2, 0.25) is 5.02 Å². The molecule has 21 heavy (non-hydrogen) atoms. The van der Waals surface area contributed by atoms with Crippen molar-refractivity contribution in [3.63, 3.8) is 0 Å². The Morgan fingerprint density at radius 1 is 1.10 bits per heavy atom. The highest BCUT2D eigenvalue weighted by atomic mass is 35.5. The molecule has 1 aromatic heterocycles. The van der Waals surface area contributed by atoms with E-state index in [-0.39, 0.29) is 5.56 Å². The normalized spacial score (nSPS) is 10.8. The largest absolute Gasteiger partial charge is 0.399 e. The zero-order chi connectivity index (χ0) is 15.0. The first-order chi connectivity index (χ1) is 10.1. The Bertz CT molecular complexity index is 886. The van der Waals surface area contributed by atoms with Crippen molar-refractivity contribution in [3.8, 4) is 0 Å². The Kier molecular flexibility index (Phi) is 3.31. The van der Waals surface area contributed by atoms with Gasteiger partial charge in [0.2, 0.25) is 0 Å². The van der Waals surface area contributed by atoms with Gasteiger partial charge in [-0.3, -0.25) is 4.79 Å². The first-order valence-corrected chi connectivity index (χ1v) is 6.85. The number of aryl methyl sites for hydroxylation is 1. The Hall–Kier alpha value is -2.46. The maximum absolute atomic E-state index is 12.1. The van der Waals surface area contributed by atoms with E-state index >= 15 is 0 Å². The zero-order valence-corrected chi connectivity index (χ0v) is 12.2. The first-order valence-electron chi connectivity index (χ1n) is 6.47. The lowest BCUT2D eigenvalue weighted by Gasteiger charge is -2.13. The highest BCUT2D eigenvalue weighted by Gasteiger charge is 2.08. The number of halogens is 1. The highest BCUT2D eigenvalue weighted by molar-refractivity contribution is 6.33. The Labute approximate surface area is 126 Å². The van der Waals surface area contributed by atoms with Gasteiger partial charge in [-0.2, -0.15) is 0 Å². The molecule has 3 rings (SSSR count). The average Bonchev–Trinajstić information content (AvgIpc) is 2.48. The number of nitrogens with one attached hydrogen (secondary N) is 1. The third kappa shape index (κ3) is 2.45. The van der Waals surface area contributed by atoms with Crippen LogP contribution in [-0.2, 0) is 7.05 Å². The summed E-state index contributed by atoms with van der Waals surface area (Å²) in [6.07, 6.45) is 0. The van der Waals surface area contributed by atoms with Crippen LogP contribution in [0, 0.1) is 0 Å². The molecule has 106 valence electrons. The van der Waals surface area contributed by atoms with Crippen LogP contribution in [0.25, 0.3) is 10.9 Å². The van der Waals surface area contributed by atoms with Crippen molar-refractivity contribution in [2.45, 2.75) is 0 Å². The number of para-hydroxylation sites is 1. The molecule has 5 heteroatoms. The molecule has 0 aliphatic carbocycles. The van der Waals surface area contributed by atoms with Crippen LogP contribution in [0.4, 0.5) is 17.1 Å². The number of aromatic nitrogens is 1. The third-order valence-electron chi connectivity index (χ3n) is 3.41. The molecule has 3 aromatic rings. The quantitative estimate of drug-likeness (QED) is 0.712. The second-order valence-electron chi connectivity index (χ2n) is 4.84. The number of pyridine rings is 1. The molecule has 0 fully saturated rings. The van der Waals surface area contributed by atoms with Crippen molar-refractivity contribution >= 4 is 39.6 Å². The maximum Gasteiger partial charge on any atom is 0.252 e. The van der Waals surface area contributed by atoms with Gasteiger partial charge in [0, 0.05) is 24.2 Å². The van der Waals surface area contributed by atoms with Crippen LogP contribution >= 0.6 is 11.6 Å². The lowest BCUT2D eigenvalue weighted by Crippen LogP contribution is -2.16. The molecule has 0 saturated heterocycles. The zero-order valence-electron chi connectivity index (χ0n) is 11.4. The fourth-order valence-corrected chi connectivity index (χ4v) is 2.46. The molecule has 0 unspecified atom stereocenters. The smallest absolute Gasteiger partial charge is 0.252 e. The molecule has 0 amide bonds. The van der Waals surface area contributed by atoms with Crippen molar-refractivity contribution in [2.24, 2.45) is 7.05 Å². The number of nitrogens with two attached hydrogens (primary N) is 1. The number of hydrogen-bond donors (Lipinski definition) is 2. The van der Waals surface area contributed by atoms with Crippen LogP contribution < -0.4 is 16.6 Å². The van der Waals surface area contributed by atoms with Gasteiger partial charge in [0.15, 0.2) is 0 Å². The van der Waals surface area contributed by atoms with Gasteiger partial charge in [-0.15, -0.1) is 0 Å². The van der Waals surface area contributed by atoms with Gasteiger partial charge in [-0.1, -0.05) is 29.8 Å². The fraction of sp³-hybridized carbons (Fsp3) is 0.0625. The van der Waals surface area contributed by atoms with Gasteiger partial charge in [0.1, 0.15) is 0 Å². The minimum absolute atomic E-state index is 0.0868. The molecule has 0 atom stereocenters. The molecule has 0 radical (unpaired) electrons. The summed E-state index contributed by atoms with van der Waals surface area (Å²) in [6.45, 7) is 0. The van der Waals surface area contributed by atoms with E-state index in [1.54, 1.807) is 35.9 Å². The number of nitrogen functional groups attached to an aromatic ring is 1. The minimum atomic E-state index is -0.0868. The summed E-state index contributed by atoms with van der Waals surface area (Å²) in [5, 5.41) is 4.69. The van der Waals surface area contributed by atoms with Crippen LogP contribution in [-0.4, -0.2) is 4.57 Å². The van der Waals surface area contributed by atoms with Gasteiger partial charge < -0.3 is 15.6 Å². The molecule has 0 aliphatic rings. The van der Waals surface area contributed by atoms with Crippen molar-refractivity contribution in [1.29, 1.82) is 0 Å². The summed E-state index contributed by atoms with van der Waals surface area (Å²) in [5.74, 6) is 0. The van der Waals surface area contributed by atoms with Crippen molar-refractivity contribution in [3.05, 3.63) is 63.9 Å². The molecule has 0 spiro atoms. The fourth-order valence-electron chi connectivity index (χ4n) is 2.30. The van der Waals surface area contributed by atoms with Crippen LogP contribution in [0.15, 0.2) is 53.3 Å². The number of anilines is 3. The van der Waals surface area contributed by atoms with E-state index in [9.17, 15) is 4.79 Å². The molecular weight excluding hydrogens is 286 g/mol. The SMILES string of the molecule is Cn1c(=O)cc(Nc2cc(N)ccc2Cl)c2ccccc21. The predicted octanol–water partition coefficient (Wildman–Crippen LogP) is 3.52.